The van der Waals surface area contributed by atoms with Crippen molar-refractivity contribution < 1.29 is 4.42 Å². The van der Waals surface area contributed by atoms with Crippen LogP contribution in [0.2, 0.25) is 0 Å². The van der Waals surface area contributed by atoms with Crippen LogP contribution >= 0.6 is 0 Å². The third-order valence-corrected chi connectivity index (χ3v) is 1.98. The maximum absolute atomic E-state index is 5.92. The molecule has 11 heavy (non-hydrogen) atoms. The third-order valence-electron chi connectivity index (χ3n) is 1.98. The van der Waals surface area contributed by atoms with Gasteiger partial charge in [0.1, 0.15) is 5.76 Å². The number of aryl methyl sites for hydroxylation is 1. The lowest BCUT2D eigenvalue weighted by molar-refractivity contribution is 0.485. The summed E-state index contributed by atoms with van der Waals surface area (Å²) in [4.78, 5) is 0. The summed E-state index contributed by atoms with van der Waals surface area (Å²) in [6.07, 6.45) is 1.69. The molecule has 0 aliphatic heterocycles. The molecule has 0 bridgehead atoms. The summed E-state index contributed by atoms with van der Waals surface area (Å²) in [6.45, 7) is 6.16. The first-order chi connectivity index (χ1) is 5.13. The highest BCUT2D eigenvalue weighted by Gasteiger charge is 2.13. The summed E-state index contributed by atoms with van der Waals surface area (Å²) in [5.41, 5.74) is 7.05. The van der Waals surface area contributed by atoms with E-state index in [1.807, 2.05) is 13.0 Å². The summed E-state index contributed by atoms with van der Waals surface area (Å²) in [5.74, 6) is 1.40. The van der Waals surface area contributed by atoms with Crippen molar-refractivity contribution in [1.82, 2.24) is 0 Å². The average molecular weight is 153 g/mol. The van der Waals surface area contributed by atoms with Gasteiger partial charge in [-0.3, -0.25) is 0 Å². The van der Waals surface area contributed by atoms with Gasteiger partial charge in [-0.1, -0.05) is 13.8 Å². The van der Waals surface area contributed by atoms with Gasteiger partial charge in [-0.15, -0.1) is 0 Å². The van der Waals surface area contributed by atoms with Crippen molar-refractivity contribution in [1.29, 1.82) is 0 Å². The van der Waals surface area contributed by atoms with Crippen LogP contribution in [0.25, 0.3) is 0 Å². The van der Waals surface area contributed by atoms with Gasteiger partial charge in [0.05, 0.1) is 6.26 Å². The first-order valence-corrected chi connectivity index (χ1v) is 3.92. The number of hydrogen-bond donors (Lipinski definition) is 1. The summed E-state index contributed by atoms with van der Waals surface area (Å²) < 4.78 is 5.16. The highest BCUT2D eigenvalue weighted by atomic mass is 16.3. The predicted octanol–water partition coefficient (Wildman–Crippen LogP) is 2.24. The van der Waals surface area contributed by atoms with Crippen molar-refractivity contribution in [3.8, 4) is 0 Å². The first-order valence-electron chi connectivity index (χ1n) is 3.92. The Morgan fingerprint density at radius 1 is 1.45 bits per heavy atom. The van der Waals surface area contributed by atoms with Crippen molar-refractivity contribution in [3.63, 3.8) is 0 Å². The van der Waals surface area contributed by atoms with E-state index < -0.39 is 0 Å². The minimum atomic E-state index is 0.105. The van der Waals surface area contributed by atoms with Gasteiger partial charge in [0.2, 0.25) is 0 Å². The monoisotopic (exact) mass is 153 g/mol. The van der Waals surface area contributed by atoms with Crippen LogP contribution in [0, 0.1) is 12.8 Å². The maximum atomic E-state index is 5.92. The second-order valence-corrected chi connectivity index (χ2v) is 3.20. The van der Waals surface area contributed by atoms with Crippen LogP contribution in [-0.2, 0) is 0 Å². The van der Waals surface area contributed by atoms with E-state index in [4.69, 9.17) is 10.2 Å². The molecule has 0 aliphatic carbocycles. The molecule has 62 valence electrons. The summed E-state index contributed by atoms with van der Waals surface area (Å²) >= 11 is 0. The predicted molar refractivity (Wildman–Crippen MR) is 45.2 cm³/mol. The normalized spacial score (nSPS) is 13.9. The highest BCUT2D eigenvalue weighted by molar-refractivity contribution is 5.19. The molecule has 0 saturated heterocycles. The van der Waals surface area contributed by atoms with Gasteiger partial charge in [-0.05, 0) is 18.9 Å². The van der Waals surface area contributed by atoms with Crippen LogP contribution < -0.4 is 5.73 Å². The molecule has 0 saturated carbocycles. The standard InChI is InChI=1S/C9H15NO/c1-6(2)9(10)8-4-5-11-7(8)3/h4-6,9H,10H2,1-3H3. The second kappa shape index (κ2) is 3.09. The molecule has 1 rings (SSSR count). The van der Waals surface area contributed by atoms with E-state index in [1.165, 1.54) is 0 Å². The molecule has 2 N–H and O–H groups in total. The lowest BCUT2D eigenvalue weighted by Crippen LogP contribution is -2.16. The fourth-order valence-corrected chi connectivity index (χ4v) is 1.10. The van der Waals surface area contributed by atoms with Crippen LogP contribution in [-0.4, -0.2) is 0 Å². The molecular formula is C9H15NO. The molecule has 1 aromatic rings. The first kappa shape index (κ1) is 8.34. The Labute approximate surface area is 67.4 Å². The van der Waals surface area contributed by atoms with Gasteiger partial charge in [-0.2, -0.15) is 0 Å². The molecule has 0 aliphatic rings. The molecular weight excluding hydrogens is 138 g/mol. The van der Waals surface area contributed by atoms with Gasteiger partial charge >= 0.3 is 0 Å². The lowest BCUT2D eigenvalue weighted by Gasteiger charge is -2.13. The number of furan rings is 1. The van der Waals surface area contributed by atoms with E-state index in [-0.39, 0.29) is 6.04 Å². The van der Waals surface area contributed by atoms with Crippen molar-refractivity contribution in [3.05, 3.63) is 23.7 Å². The summed E-state index contributed by atoms with van der Waals surface area (Å²) in [7, 11) is 0. The topological polar surface area (TPSA) is 39.2 Å². The van der Waals surface area contributed by atoms with E-state index in [9.17, 15) is 0 Å². The zero-order valence-electron chi connectivity index (χ0n) is 7.29. The van der Waals surface area contributed by atoms with Gasteiger partial charge < -0.3 is 10.2 Å². The zero-order chi connectivity index (χ0) is 8.43. The molecule has 1 heterocycles. The maximum Gasteiger partial charge on any atom is 0.105 e. The van der Waals surface area contributed by atoms with Crippen molar-refractivity contribution >= 4 is 0 Å². The van der Waals surface area contributed by atoms with Crippen molar-refractivity contribution in [2.24, 2.45) is 11.7 Å². The van der Waals surface area contributed by atoms with Crippen molar-refractivity contribution in [2.75, 3.05) is 0 Å². The Kier molecular flexibility index (Phi) is 2.35. The summed E-state index contributed by atoms with van der Waals surface area (Å²) in [5, 5.41) is 0. The van der Waals surface area contributed by atoms with E-state index in [0.29, 0.717) is 5.92 Å². The Hall–Kier alpha value is -0.760. The van der Waals surface area contributed by atoms with Crippen LogP contribution in [0.1, 0.15) is 31.2 Å². The molecule has 1 atom stereocenters. The lowest BCUT2D eigenvalue weighted by atomic mass is 9.98. The Morgan fingerprint density at radius 3 is 2.45 bits per heavy atom. The molecule has 0 fully saturated rings. The molecule has 1 aromatic heterocycles. The largest absolute Gasteiger partial charge is 0.469 e. The number of nitrogens with two attached hydrogens (primary N) is 1. The molecule has 0 spiro atoms. The molecule has 2 nitrogen and oxygen atoms in total. The van der Waals surface area contributed by atoms with Gasteiger partial charge in [0, 0.05) is 11.6 Å². The molecule has 2 heteroatoms. The van der Waals surface area contributed by atoms with E-state index in [1.54, 1.807) is 6.26 Å². The Bertz CT molecular complexity index is 227. The smallest absolute Gasteiger partial charge is 0.105 e. The Morgan fingerprint density at radius 2 is 2.09 bits per heavy atom. The van der Waals surface area contributed by atoms with E-state index in [2.05, 4.69) is 13.8 Å². The molecule has 0 radical (unpaired) electrons. The highest BCUT2D eigenvalue weighted by Crippen LogP contribution is 2.22. The minimum absolute atomic E-state index is 0.105. The van der Waals surface area contributed by atoms with Crippen LogP contribution in [0.3, 0.4) is 0 Å². The van der Waals surface area contributed by atoms with E-state index >= 15 is 0 Å². The molecule has 0 amide bonds. The zero-order valence-corrected chi connectivity index (χ0v) is 7.29. The second-order valence-electron chi connectivity index (χ2n) is 3.20. The van der Waals surface area contributed by atoms with E-state index in [0.717, 1.165) is 11.3 Å². The molecule has 1 unspecified atom stereocenters. The van der Waals surface area contributed by atoms with Crippen molar-refractivity contribution in [2.45, 2.75) is 26.8 Å². The quantitative estimate of drug-likeness (QED) is 0.707. The minimum Gasteiger partial charge on any atom is -0.469 e. The van der Waals surface area contributed by atoms with Gasteiger partial charge in [-0.25, -0.2) is 0 Å². The van der Waals surface area contributed by atoms with Gasteiger partial charge in [0.25, 0.3) is 0 Å². The summed E-state index contributed by atoms with van der Waals surface area (Å²) in [6, 6.07) is 2.05. The molecule has 0 aromatic carbocycles. The van der Waals surface area contributed by atoms with Crippen LogP contribution in [0.4, 0.5) is 0 Å². The average Bonchev–Trinajstić information content (AvgIpc) is 2.33. The SMILES string of the molecule is Cc1occc1C(N)C(C)C. The Balaban J connectivity index is 2.84. The van der Waals surface area contributed by atoms with Crippen LogP contribution in [0.15, 0.2) is 16.7 Å². The fraction of sp³-hybridized carbons (Fsp3) is 0.556. The number of rotatable bonds is 2. The fourth-order valence-electron chi connectivity index (χ4n) is 1.10. The number of hydrogen-bond acceptors (Lipinski definition) is 2. The third kappa shape index (κ3) is 1.63. The van der Waals surface area contributed by atoms with Gasteiger partial charge in [0.15, 0.2) is 0 Å². The van der Waals surface area contributed by atoms with Crippen LogP contribution in [0.5, 0.6) is 0 Å².